The maximum Gasteiger partial charge on any atom is 0.410 e. The Morgan fingerprint density at radius 3 is 2.21 bits per heavy atom. The van der Waals surface area contributed by atoms with E-state index in [1.165, 1.54) is 4.90 Å². The zero-order valence-corrected chi connectivity index (χ0v) is 20.6. The number of guanidine groups is 1. The predicted molar refractivity (Wildman–Crippen MR) is 120 cm³/mol. The van der Waals surface area contributed by atoms with Crippen LogP contribution in [0.5, 0.6) is 0 Å². The third-order valence-corrected chi connectivity index (χ3v) is 4.66. The lowest BCUT2D eigenvalue weighted by atomic mass is 9.85. The van der Waals surface area contributed by atoms with Crippen molar-refractivity contribution in [2.75, 3.05) is 27.2 Å². The van der Waals surface area contributed by atoms with Crippen LogP contribution in [0.1, 0.15) is 53.4 Å². The summed E-state index contributed by atoms with van der Waals surface area (Å²) in [4.78, 5) is 17.7. The molecule has 0 aliphatic heterocycles. The second kappa shape index (κ2) is 12.0. The Morgan fingerprint density at radius 1 is 1.21 bits per heavy atom. The third kappa shape index (κ3) is 11.1. The molecule has 1 atom stereocenters. The van der Waals surface area contributed by atoms with E-state index in [1.54, 1.807) is 14.1 Å². The molecule has 0 aromatic carbocycles. The van der Waals surface area contributed by atoms with Gasteiger partial charge in [-0.3, -0.25) is 4.99 Å². The van der Waals surface area contributed by atoms with E-state index < -0.39 is 17.7 Å². The van der Waals surface area contributed by atoms with Crippen molar-refractivity contribution in [3.8, 4) is 0 Å². The van der Waals surface area contributed by atoms with Gasteiger partial charge in [-0.2, -0.15) is 13.2 Å². The number of hydrogen-bond acceptors (Lipinski definition) is 3. The van der Waals surface area contributed by atoms with Gasteiger partial charge in [-0.15, -0.1) is 24.0 Å². The fraction of sp³-hybridized carbons (Fsp3) is 0.895. The van der Waals surface area contributed by atoms with Crippen LogP contribution in [0.15, 0.2) is 4.99 Å². The molecular formula is C19H36F3IN4O2. The first-order chi connectivity index (χ1) is 12.8. The van der Waals surface area contributed by atoms with Gasteiger partial charge in [0.25, 0.3) is 0 Å². The third-order valence-electron chi connectivity index (χ3n) is 4.66. The molecule has 2 N–H and O–H groups in total. The Balaban J connectivity index is 0.00000784. The first-order valence-corrected chi connectivity index (χ1v) is 9.79. The zero-order valence-electron chi connectivity index (χ0n) is 18.2. The van der Waals surface area contributed by atoms with Gasteiger partial charge in [0.15, 0.2) is 5.96 Å². The van der Waals surface area contributed by atoms with Gasteiger partial charge in [-0.25, -0.2) is 4.79 Å². The molecule has 1 aliphatic carbocycles. The van der Waals surface area contributed by atoms with Crippen LogP contribution in [0.2, 0.25) is 0 Å². The molecule has 1 fully saturated rings. The maximum atomic E-state index is 12.8. The standard InChI is InChI=1S/C19H35F3N4O2.HI/c1-13(12-26(6)17(27)28-18(2,3)4)11-24-16(23-5)25-15-9-7-14(8-10-15)19(20,21)22;/h13-15H,7-12H2,1-6H3,(H2,23,24,25);1H. The van der Waals surface area contributed by atoms with Crippen molar-refractivity contribution in [1.29, 1.82) is 0 Å². The minimum absolute atomic E-state index is 0. The molecule has 1 saturated carbocycles. The van der Waals surface area contributed by atoms with Crippen molar-refractivity contribution >= 4 is 36.0 Å². The van der Waals surface area contributed by atoms with Crippen LogP contribution in [0, 0.1) is 11.8 Å². The van der Waals surface area contributed by atoms with Gasteiger partial charge in [0.1, 0.15) is 5.60 Å². The van der Waals surface area contributed by atoms with Gasteiger partial charge in [0.05, 0.1) is 5.92 Å². The molecule has 0 aromatic heterocycles. The van der Waals surface area contributed by atoms with E-state index in [9.17, 15) is 18.0 Å². The summed E-state index contributed by atoms with van der Waals surface area (Å²) in [6.45, 7) is 8.54. The van der Waals surface area contributed by atoms with Gasteiger partial charge in [0, 0.05) is 33.2 Å². The number of nitrogens with one attached hydrogen (secondary N) is 2. The largest absolute Gasteiger partial charge is 0.444 e. The van der Waals surface area contributed by atoms with Crippen molar-refractivity contribution in [1.82, 2.24) is 15.5 Å². The van der Waals surface area contributed by atoms with Crippen LogP contribution in [-0.4, -0.2) is 62.0 Å². The number of nitrogens with zero attached hydrogens (tertiary/aromatic N) is 2. The SMILES string of the molecule is CN=C(NCC(C)CN(C)C(=O)OC(C)(C)C)NC1CCC(C(F)(F)F)CC1.I. The molecule has 0 aromatic rings. The lowest BCUT2D eigenvalue weighted by Gasteiger charge is -2.31. The first kappa shape index (κ1) is 28.1. The van der Waals surface area contributed by atoms with Crippen molar-refractivity contribution in [3.05, 3.63) is 0 Å². The first-order valence-electron chi connectivity index (χ1n) is 9.79. The van der Waals surface area contributed by atoms with Crippen molar-refractivity contribution in [2.45, 2.75) is 71.2 Å². The summed E-state index contributed by atoms with van der Waals surface area (Å²) in [5, 5.41) is 6.39. The summed E-state index contributed by atoms with van der Waals surface area (Å²) in [6.07, 6.45) is -3.22. The van der Waals surface area contributed by atoms with Gasteiger partial charge >= 0.3 is 12.3 Å². The van der Waals surface area contributed by atoms with Gasteiger partial charge in [-0.05, 0) is 52.4 Å². The number of alkyl halides is 3. The number of ether oxygens (including phenoxy) is 1. The summed E-state index contributed by atoms with van der Waals surface area (Å²) in [7, 11) is 3.32. The normalized spacial score (nSPS) is 21.6. The highest BCUT2D eigenvalue weighted by Gasteiger charge is 2.41. The number of carbonyl (C=O) groups excluding carboxylic acids is 1. The minimum atomic E-state index is -4.10. The zero-order chi connectivity index (χ0) is 21.5. The molecular weight excluding hydrogens is 500 g/mol. The van der Waals surface area contributed by atoms with Crippen LogP contribution in [-0.2, 0) is 4.74 Å². The number of amides is 1. The Hall–Kier alpha value is -0.940. The molecule has 172 valence electrons. The number of carbonyl (C=O) groups is 1. The van der Waals surface area contributed by atoms with Gasteiger partial charge in [-0.1, -0.05) is 6.92 Å². The van der Waals surface area contributed by atoms with Crippen molar-refractivity contribution in [3.63, 3.8) is 0 Å². The van der Waals surface area contributed by atoms with E-state index in [0.717, 1.165) is 0 Å². The van der Waals surface area contributed by atoms with Crippen LogP contribution < -0.4 is 10.6 Å². The number of halogens is 4. The summed E-state index contributed by atoms with van der Waals surface area (Å²) in [6, 6.07) is -0.00968. The number of hydrogen-bond donors (Lipinski definition) is 2. The Morgan fingerprint density at radius 2 is 1.76 bits per heavy atom. The second-order valence-corrected chi connectivity index (χ2v) is 8.65. The minimum Gasteiger partial charge on any atom is -0.444 e. The molecule has 29 heavy (non-hydrogen) atoms. The van der Waals surface area contributed by atoms with E-state index in [0.29, 0.717) is 31.9 Å². The molecule has 0 spiro atoms. The quantitative estimate of drug-likeness (QED) is 0.311. The van der Waals surface area contributed by atoms with Crippen LogP contribution in [0.25, 0.3) is 0 Å². The molecule has 0 radical (unpaired) electrons. The molecule has 1 amide bonds. The Kier molecular flexibility index (Phi) is 11.7. The molecule has 0 saturated heterocycles. The van der Waals surface area contributed by atoms with Gasteiger partial charge in [0.2, 0.25) is 0 Å². The van der Waals surface area contributed by atoms with Crippen molar-refractivity contribution < 1.29 is 22.7 Å². The number of rotatable bonds is 5. The van der Waals surface area contributed by atoms with E-state index in [2.05, 4.69) is 15.6 Å². The fourth-order valence-corrected chi connectivity index (χ4v) is 3.17. The fourth-order valence-electron chi connectivity index (χ4n) is 3.17. The van der Waals surface area contributed by atoms with E-state index in [-0.39, 0.29) is 54.9 Å². The van der Waals surface area contributed by atoms with Gasteiger partial charge < -0.3 is 20.3 Å². The molecule has 10 heteroatoms. The lowest BCUT2D eigenvalue weighted by molar-refractivity contribution is -0.182. The lowest BCUT2D eigenvalue weighted by Crippen LogP contribution is -2.47. The van der Waals surface area contributed by atoms with Crippen LogP contribution in [0.3, 0.4) is 0 Å². The molecule has 0 heterocycles. The molecule has 0 bridgehead atoms. The summed E-state index contributed by atoms with van der Waals surface area (Å²) in [5.41, 5.74) is -0.538. The Labute approximate surface area is 189 Å². The topological polar surface area (TPSA) is 66.0 Å². The van der Waals surface area contributed by atoms with Crippen LogP contribution >= 0.6 is 24.0 Å². The average Bonchev–Trinajstić information content (AvgIpc) is 2.56. The highest BCUT2D eigenvalue weighted by Crippen LogP contribution is 2.37. The highest BCUT2D eigenvalue weighted by atomic mass is 127. The molecule has 1 aliphatic rings. The molecule has 1 unspecified atom stereocenters. The van der Waals surface area contributed by atoms with Crippen molar-refractivity contribution in [2.24, 2.45) is 16.8 Å². The van der Waals surface area contributed by atoms with E-state index >= 15 is 0 Å². The summed E-state index contributed by atoms with van der Waals surface area (Å²) >= 11 is 0. The van der Waals surface area contributed by atoms with Crippen LogP contribution in [0.4, 0.5) is 18.0 Å². The summed E-state index contributed by atoms with van der Waals surface area (Å²) < 4.78 is 43.6. The smallest absolute Gasteiger partial charge is 0.410 e. The monoisotopic (exact) mass is 536 g/mol. The summed E-state index contributed by atoms with van der Waals surface area (Å²) in [5.74, 6) is -0.483. The number of aliphatic imine (C=N–C) groups is 1. The highest BCUT2D eigenvalue weighted by molar-refractivity contribution is 14.0. The molecule has 6 nitrogen and oxygen atoms in total. The predicted octanol–water partition coefficient (Wildman–Crippen LogP) is 4.39. The second-order valence-electron chi connectivity index (χ2n) is 8.65. The van der Waals surface area contributed by atoms with E-state index in [4.69, 9.17) is 4.74 Å². The average molecular weight is 536 g/mol. The maximum absolute atomic E-state index is 12.8. The Bertz CT molecular complexity index is 531. The molecule has 1 rings (SSSR count). The van der Waals surface area contributed by atoms with E-state index in [1.807, 2.05) is 27.7 Å².